The minimum absolute atomic E-state index is 0.0289. The highest BCUT2D eigenvalue weighted by atomic mass is 19.1. The number of aromatic nitrogens is 5. The zero-order chi connectivity index (χ0) is 22.0. The van der Waals surface area contributed by atoms with Gasteiger partial charge in [-0.15, -0.1) is 0 Å². The first kappa shape index (κ1) is 20.1. The van der Waals surface area contributed by atoms with E-state index >= 15 is 0 Å². The minimum atomic E-state index is -0.817. The van der Waals surface area contributed by atoms with Crippen molar-refractivity contribution in [3.05, 3.63) is 54.2 Å². The molecule has 0 aliphatic heterocycles. The average molecular weight is 425 g/mol. The summed E-state index contributed by atoms with van der Waals surface area (Å²) in [4.78, 5) is 30.9. The molecule has 0 fully saturated rings. The molecule has 0 aliphatic carbocycles. The third-order valence-corrected chi connectivity index (χ3v) is 4.37. The Hall–Kier alpha value is -4.15. The van der Waals surface area contributed by atoms with Gasteiger partial charge in [0.25, 0.3) is 0 Å². The van der Waals surface area contributed by atoms with Gasteiger partial charge in [0.15, 0.2) is 5.82 Å². The highest BCUT2D eigenvalue weighted by Gasteiger charge is 2.19. The number of hydrogen-bond acceptors (Lipinski definition) is 7. The van der Waals surface area contributed by atoms with Crippen LogP contribution in [0.25, 0.3) is 22.3 Å². The second-order valence-electron chi connectivity index (χ2n) is 6.53. The lowest BCUT2D eigenvalue weighted by atomic mass is 10.1. The first-order valence-electron chi connectivity index (χ1n) is 9.33. The first-order valence-corrected chi connectivity index (χ1v) is 9.33. The van der Waals surface area contributed by atoms with Crippen molar-refractivity contribution in [3.8, 4) is 17.3 Å². The molecule has 4 rings (SSSR count). The summed E-state index contributed by atoms with van der Waals surface area (Å²) in [5.74, 6) is -1.82. The largest absolute Gasteiger partial charge is 0.494 e. The van der Waals surface area contributed by atoms with Crippen molar-refractivity contribution in [2.24, 2.45) is 0 Å². The van der Waals surface area contributed by atoms with Crippen molar-refractivity contribution in [2.45, 2.75) is 13.3 Å². The number of fused-ring (bicyclic) bond motifs is 1. The normalized spacial score (nSPS) is 10.9. The van der Waals surface area contributed by atoms with E-state index in [1.807, 2.05) is 6.92 Å². The summed E-state index contributed by atoms with van der Waals surface area (Å²) in [6.45, 7) is 2.32. The highest BCUT2D eigenvalue weighted by Crippen LogP contribution is 2.33. The van der Waals surface area contributed by atoms with Crippen LogP contribution in [-0.4, -0.2) is 42.5 Å². The van der Waals surface area contributed by atoms with Gasteiger partial charge in [-0.2, -0.15) is 0 Å². The predicted octanol–water partition coefficient (Wildman–Crippen LogP) is 2.82. The number of nitrogens with zero attached hydrogens (tertiary/aromatic N) is 4. The number of hydrogen-bond donors (Lipinski definition) is 4. The van der Waals surface area contributed by atoms with Gasteiger partial charge >= 0.3 is 0 Å². The Morgan fingerprint density at radius 1 is 1.16 bits per heavy atom. The van der Waals surface area contributed by atoms with Crippen LogP contribution >= 0.6 is 0 Å². The maximum Gasteiger partial charge on any atom is 0.227 e. The monoisotopic (exact) mass is 425 g/mol. The molecule has 4 N–H and O–H groups in total. The van der Waals surface area contributed by atoms with Gasteiger partial charge in [-0.3, -0.25) is 4.79 Å². The van der Waals surface area contributed by atoms with Crippen LogP contribution in [0.4, 0.5) is 20.3 Å². The predicted molar refractivity (Wildman–Crippen MR) is 109 cm³/mol. The molecule has 0 spiro atoms. The molecule has 0 saturated carbocycles. The Morgan fingerprint density at radius 2 is 1.87 bits per heavy atom. The molecule has 31 heavy (non-hydrogen) atoms. The number of aromatic hydroxyl groups is 1. The zero-order valence-electron chi connectivity index (χ0n) is 16.3. The maximum absolute atomic E-state index is 14.3. The van der Waals surface area contributed by atoms with Gasteiger partial charge < -0.3 is 20.7 Å². The van der Waals surface area contributed by atoms with Gasteiger partial charge in [0, 0.05) is 12.7 Å². The van der Waals surface area contributed by atoms with Crippen molar-refractivity contribution < 1.29 is 18.7 Å². The number of benzene rings is 1. The molecular weight excluding hydrogens is 408 g/mol. The molecule has 0 aliphatic rings. The lowest BCUT2D eigenvalue weighted by Gasteiger charge is -2.10. The van der Waals surface area contributed by atoms with Gasteiger partial charge in [0.1, 0.15) is 28.7 Å². The third kappa shape index (κ3) is 4.10. The van der Waals surface area contributed by atoms with E-state index < -0.39 is 11.6 Å². The van der Waals surface area contributed by atoms with Crippen molar-refractivity contribution >= 4 is 28.3 Å². The lowest BCUT2D eigenvalue weighted by Crippen LogP contribution is -2.25. The SMILES string of the molecule is CCNC(=O)Cc1ncc(Nc2nc(-c3c(F)cccc3F)nc3c[nH]c(O)c23)cn1. The molecule has 0 radical (unpaired) electrons. The molecule has 11 heteroatoms. The molecule has 0 bridgehead atoms. The number of likely N-dealkylation sites (N-methyl/N-ethyl adjacent to an activating group) is 1. The molecule has 158 valence electrons. The second kappa shape index (κ2) is 8.30. The molecule has 1 amide bonds. The van der Waals surface area contributed by atoms with Crippen molar-refractivity contribution in [3.63, 3.8) is 0 Å². The van der Waals surface area contributed by atoms with Crippen LogP contribution in [0.5, 0.6) is 5.88 Å². The molecule has 0 unspecified atom stereocenters. The third-order valence-electron chi connectivity index (χ3n) is 4.37. The Balaban J connectivity index is 1.70. The van der Waals surface area contributed by atoms with E-state index in [1.165, 1.54) is 24.7 Å². The Kier molecular flexibility index (Phi) is 5.39. The summed E-state index contributed by atoms with van der Waals surface area (Å²) in [5.41, 5.74) is 0.253. The Morgan fingerprint density at radius 3 is 2.55 bits per heavy atom. The minimum Gasteiger partial charge on any atom is -0.494 e. The van der Waals surface area contributed by atoms with E-state index in [0.29, 0.717) is 18.1 Å². The van der Waals surface area contributed by atoms with Crippen molar-refractivity contribution in [1.82, 2.24) is 30.2 Å². The summed E-state index contributed by atoms with van der Waals surface area (Å²) < 4.78 is 28.5. The van der Waals surface area contributed by atoms with Gasteiger partial charge in [0.05, 0.1) is 35.6 Å². The van der Waals surface area contributed by atoms with Crippen LogP contribution < -0.4 is 10.6 Å². The van der Waals surface area contributed by atoms with Crippen LogP contribution in [0.1, 0.15) is 12.7 Å². The molecule has 4 aromatic rings. The average Bonchev–Trinajstić information content (AvgIpc) is 3.11. The fraction of sp³-hybridized carbons (Fsp3) is 0.150. The standard InChI is InChI=1S/C20H17F2N7O2/c1-2-23-15(30)6-14-24-7-10(8-25-14)27-19-17-13(9-26-20(17)31)28-18(29-19)16-11(21)4-3-5-12(16)22/h3-5,7-9,26,31H,2,6H2,1H3,(H,23,30)(H,27,28,29). The number of halogens is 2. The Bertz CT molecular complexity index is 1240. The summed E-state index contributed by atoms with van der Waals surface area (Å²) in [5, 5.41) is 15.9. The number of H-pyrrole nitrogens is 1. The van der Waals surface area contributed by atoms with E-state index in [1.54, 1.807) is 0 Å². The topological polar surface area (TPSA) is 129 Å². The molecule has 0 atom stereocenters. The van der Waals surface area contributed by atoms with Crippen LogP contribution in [0, 0.1) is 11.6 Å². The number of carbonyl (C=O) groups is 1. The highest BCUT2D eigenvalue weighted by molar-refractivity contribution is 5.96. The van der Waals surface area contributed by atoms with Crippen LogP contribution in [0.2, 0.25) is 0 Å². The van der Waals surface area contributed by atoms with Crippen LogP contribution in [0.15, 0.2) is 36.8 Å². The van der Waals surface area contributed by atoms with E-state index in [2.05, 4.69) is 35.6 Å². The Labute approximate surface area is 174 Å². The van der Waals surface area contributed by atoms with Gasteiger partial charge in [0.2, 0.25) is 11.8 Å². The number of carbonyl (C=O) groups excluding carboxylic acids is 1. The first-order chi connectivity index (χ1) is 15.0. The summed E-state index contributed by atoms with van der Waals surface area (Å²) in [6.07, 6.45) is 4.29. The van der Waals surface area contributed by atoms with E-state index in [0.717, 1.165) is 12.1 Å². The fourth-order valence-corrected chi connectivity index (χ4v) is 2.99. The maximum atomic E-state index is 14.3. The van der Waals surface area contributed by atoms with Crippen molar-refractivity contribution in [1.29, 1.82) is 0 Å². The quantitative estimate of drug-likeness (QED) is 0.374. The summed E-state index contributed by atoms with van der Waals surface area (Å²) >= 11 is 0. The van der Waals surface area contributed by atoms with E-state index in [9.17, 15) is 18.7 Å². The summed E-state index contributed by atoms with van der Waals surface area (Å²) in [7, 11) is 0. The molecule has 3 aromatic heterocycles. The van der Waals surface area contributed by atoms with E-state index in [-0.39, 0.29) is 46.3 Å². The molecule has 3 heterocycles. The lowest BCUT2D eigenvalue weighted by molar-refractivity contribution is -0.120. The molecule has 1 aromatic carbocycles. The van der Waals surface area contributed by atoms with Gasteiger partial charge in [-0.05, 0) is 19.1 Å². The van der Waals surface area contributed by atoms with E-state index in [4.69, 9.17) is 0 Å². The number of aromatic amines is 1. The molecule has 9 nitrogen and oxygen atoms in total. The molecule has 0 saturated heterocycles. The zero-order valence-corrected chi connectivity index (χ0v) is 16.3. The number of nitrogens with one attached hydrogen (secondary N) is 3. The number of rotatable bonds is 6. The van der Waals surface area contributed by atoms with Gasteiger partial charge in [-0.25, -0.2) is 28.7 Å². The molecular formula is C20H17F2N7O2. The number of anilines is 2. The van der Waals surface area contributed by atoms with Crippen LogP contribution in [-0.2, 0) is 11.2 Å². The smallest absolute Gasteiger partial charge is 0.227 e. The number of amides is 1. The van der Waals surface area contributed by atoms with Crippen molar-refractivity contribution in [2.75, 3.05) is 11.9 Å². The summed E-state index contributed by atoms with van der Waals surface area (Å²) in [6, 6.07) is 3.46. The van der Waals surface area contributed by atoms with Crippen LogP contribution in [0.3, 0.4) is 0 Å². The second-order valence-corrected chi connectivity index (χ2v) is 6.53. The van der Waals surface area contributed by atoms with Gasteiger partial charge in [-0.1, -0.05) is 6.07 Å². The fourth-order valence-electron chi connectivity index (χ4n) is 2.99.